The van der Waals surface area contributed by atoms with Gasteiger partial charge in [0, 0.05) is 6.54 Å². The van der Waals surface area contributed by atoms with E-state index in [4.69, 9.17) is 9.47 Å². The van der Waals surface area contributed by atoms with Crippen molar-refractivity contribution in [3.05, 3.63) is 23.3 Å². The summed E-state index contributed by atoms with van der Waals surface area (Å²) in [5.41, 5.74) is 1.12. The zero-order valence-electron chi connectivity index (χ0n) is 13.0. The van der Waals surface area contributed by atoms with Gasteiger partial charge in [-0.3, -0.25) is 9.69 Å². The smallest absolute Gasteiger partial charge is 0.323 e. The molecule has 0 aliphatic heterocycles. The fraction of sp³-hybridized carbons (Fsp3) is 0.533. The second kappa shape index (κ2) is 6.13. The van der Waals surface area contributed by atoms with Crippen molar-refractivity contribution in [1.29, 1.82) is 0 Å². The van der Waals surface area contributed by atoms with Crippen LogP contribution in [-0.2, 0) is 11.3 Å². The number of carboxylic acid groups (broad SMARTS) is 1. The highest BCUT2D eigenvalue weighted by molar-refractivity contribution is 5.77. The maximum atomic E-state index is 11.3. The van der Waals surface area contributed by atoms with Crippen LogP contribution in [0.5, 0.6) is 11.5 Å². The lowest BCUT2D eigenvalue weighted by molar-refractivity contribution is -0.148. The number of hydrogen-bond donors (Lipinski definition) is 1. The molecule has 0 radical (unpaired) electrons. The molecule has 0 spiro atoms. The number of ether oxygens (including phenoxy) is 2. The van der Waals surface area contributed by atoms with E-state index in [9.17, 15) is 9.90 Å². The number of carboxylic acids is 1. The van der Waals surface area contributed by atoms with Gasteiger partial charge in [-0.2, -0.15) is 0 Å². The minimum atomic E-state index is -0.931. The lowest BCUT2D eigenvalue weighted by Crippen LogP contribution is -2.47. The molecule has 0 aliphatic rings. The molecular weight excluding hydrogens is 258 g/mol. The molecule has 1 N–H and O–H groups in total. The number of benzene rings is 1. The Labute approximate surface area is 120 Å². The van der Waals surface area contributed by atoms with Gasteiger partial charge in [-0.05, 0) is 51.1 Å². The average Bonchev–Trinajstić information content (AvgIpc) is 2.39. The molecule has 5 nitrogen and oxygen atoms in total. The third kappa shape index (κ3) is 3.22. The van der Waals surface area contributed by atoms with Crippen molar-refractivity contribution in [2.75, 3.05) is 21.3 Å². The summed E-state index contributed by atoms with van der Waals surface area (Å²) in [4.78, 5) is 13.1. The molecule has 0 aromatic heterocycles. The highest BCUT2D eigenvalue weighted by atomic mass is 16.5. The molecule has 1 aromatic rings. The van der Waals surface area contributed by atoms with Crippen molar-refractivity contribution in [1.82, 2.24) is 4.90 Å². The molecule has 0 bridgehead atoms. The molecule has 0 heterocycles. The molecule has 0 amide bonds. The number of likely N-dealkylation sites (N-methyl/N-ethyl adjacent to an activating group) is 1. The highest BCUT2D eigenvalue weighted by Gasteiger charge is 2.32. The Morgan fingerprint density at radius 2 is 1.75 bits per heavy atom. The molecule has 1 aromatic carbocycles. The van der Waals surface area contributed by atoms with Gasteiger partial charge in [-0.15, -0.1) is 0 Å². The predicted octanol–water partition coefficient (Wildman–Crippen LogP) is 2.31. The van der Waals surface area contributed by atoms with E-state index in [2.05, 4.69) is 0 Å². The van der Waals surface area contributed by atoms with Crippen LogP contribution in [0.2, 0.25) is 0 Å². The Morgan fingerprint density at radius 1 is 1.25 bits per heavy atom. The molecule has 0 unspecified atom stereocenters. The van der Waals surface area contributed by atoms with Crippen molar-refractivity contribution >= 4 is 5.97 Å². The monoisotopic (exact) mass is 281 g/mol. The van der Waals surface area contributed by atoms with Crippen molar-refractivity contribution in [3.8, 4) is 11.5 Å². The maximum Gasteiger partial charge on any atom is 0.323 e. The third-order valence-corrected chi connectivity index (χ3v) is 3.73. The first-order valence-electron chi connectivity index (χ1n) is 6.40. The van der Waals surface area contributed by atoms with Crippen LogP contribution in [0.1, 0.15) is 25.0 Å². The number of nitrogens with zero attached hydrogens (tertiary/aromatic N) is 1. The molecule has 0 atom stereocenters. The first-order chi connectivity index (χ1) is 9.23. The second-order valence-corrected chi connectivity index (χ2v) is 5.35. The topological polar surface area (TPSA) is 59.0 Å². The van der Waals surface area contributed by atoms with Gasteiger partial charge in [0.2, 0.25) is 0 Å². The standard InChI is InChI=1S/C15H23NO4/c1-10-7-12(19-5)13(20-6)8-11(10)9-16(4)15(2,3)14(17)18/h7-8H,9H2,1-6H3,(H,17,18). The Kier molecular flexibility index (Phi) is 5.00. The van der Waals surface area contributed by atoms with Crippen LogP contribution in [0.25, 0.3) is 0 Å². The van der Waals surface area contributed by atoms with E-state index in [1.54, 1.807) is 40.0 Å². The normalized spacial score (nSPS) is 11.6. The van der Waals surface area contributed by atoms with Crippen LogP contribution in [0.4, 0.5) is 0 Å². The van der Waals surface area contributed by atoms with Gasteiger partial charge in [0.1, 0.15) is 5.54 Å². The van der Waals surface area contributed by atoms with Crippen LogP contribution < -0.4 is 9.47 Å². The number of aryl methyl sites for hydroxylation is 1. The zero-order chi connectivity index (χ0) is 15.5. The maximum absolute atomic E-state index is 11.3. The average molecular weight is 281 g/mol. The minimum Gasteiger partial charge on any atom is -0.493 e. The second-order valence-electron chi connectivity index (χ2n) is 5.35. The Hall–Kier alpha value is -1.75. The Balaban J connectivity index is 3.07. The van der Waals surface area contributed by atoms with E-state index in [0.29, 0.717) is 18.0 Å². The van der Waals surface area contributed by atoms with Crippen LogP contribution in [0.15, 0.2) is 12.1 Å². The Morgan fingerprint density at radius 3 is 2.20 bits per heavy atom. The van der Waals surface area contributed by atoms with E-state index in [1.165, 1.54) is 0 Å². The fourth-order valence-corrected chi connectivity index (χ4v) is 1.81. The molecule has 20 heavy (non-hydrogen) atoms. The summed E-state index contributed by atoms with van der Waals surface area (Å²) in [6.07, 6.45) is 0. The summed E-state index contributed by atoms with van der Waals surface area (Å²) in [7, 11) is 4.97. The summed E-state index contributed by atoms with van der Waals surface area (Å²) in [6, 6.07) is 3.79. The summed E-state index contributed by atoms with van der Waals surface area (Å²) >= 11 is 0. The summed E-state index contributed by atoms with van der Waals surface area (Å²) in [5, 5.41) is 9.26. The van der Waals surface area contributed by atoms with E-state index in [0.717, 1.165) is 11.1 Å². The lowest BCUT2D eigenvalue weighted by Gasteiger charge is -2.32. The summed E-state index contributed by atoms with van der Waals surface area (Å²) < 4.78 is 10.5. The number of methoxy groups -OCH3 is 2. The summed E-state index contributed by atoms with van der Waals surface area (Å²) in [5.74, 6) is 0.474. The first kappa shape index (κ1) is 16.3. The quantitative estimate of drug-likeness (QED) is 0.867. The van der Waals surface area contributed by atoms with Crippen molar-refractivity contribution in [2.24, 2.45) is 0 Å². The van der Waals surface area contributed by atoms with Crippen LogP contribution >= 0.6 is 0 Å². The fourth-order valence-electron chi connectivity index (χ4n) is 1.81. The number of aliphatic carboxylic acids is 1. The molecule has 5 heteroatoms. The Bertz CT molecular complexity index is 497. The minimum absolute atomic E-state index is 0.519. The predicted molar refractivity (Wildman–Crippen MR) is 77.5 cm³/mol. The molecular formula is C15H23NO4. The van der Waals surface area contributed by atoms with Crippen LogP contribution in [0.3, 0.4) is 0 Å². The van der Waals surface area contributed by atoms with Gasteiger partial charge >= 0.3 is 5.97 Å². The van der Waals surface area contributed by atoms with Gasteiger partial charge < -0.3 is 14.6 Å². The van der Waals surface area contributed by atoms with Gasteiger partial charge in [0.25, 0.3) is 0 Å². The lowest BCUT2D eigenvalue weighted by atomic mass is 10.0. The first-order valence-corrected chi connectivity index (χ1v) is 6.40. The van der Waals surface area contributed by atoms with Gasteiger partial charge in [0.15, 0.2) is 11.5 Å². The molecule has 0 saturated carbocycles. The number of rotatable bonds is 6. The van der Waals surface area contributed by atoms with Crippen LogP contribution in [0, 0.1) is 6.92 Å². The molecule has 0 aliphatic carbocycles. The van der Waals surface area contributed by atoms with Crippen LogP contribution in [-0.4, -0.2) is 42.8 Å². The zero-order valence-corrected chi connectivity index (χ0v) is 13.0. The van der Waals surface area contributed by atoms with E-state index in [1.807, 2.05) is 19.1 Å². The largest absolute Gasteiger partial charge is 0.493 e. The van der Waals surface area contributed by atoms with E-state index >= 15 is 0 Å². The molecule has 0 saturated heterocycles. The number of hydrogen-bond acceptors (Lipinski definition) is 4. The molecule has 0 fully saturated rings. The number of carbonyl (C=O) groups is 1. The van der Waals surface area contributed by atoms with Crippen molar-refractivity contribution in [2.45, 2.75) is 32.9 Å². The van der Waals surface area contributed by atoms with E-state index in [-0.39, 0.29) is 0 Å². The van der Waals surface area contributed by atoms with Gasteiger partial charge in [0.05, 0.1) is 14.2 Å². The summed E-state index contributed by atoms with van der Waals surface area (Å²) in [6.45, 7) is 5.86. The third-order valence-electron chi connectivity index (χ3n) is 3.73. The highest BCUT2D eigenvalue weighted by Crippen LogP contribution is 2.31. The van der Waals surface area contributed by atoms with Crippen molar-refractivity contribution in [3.63, 3.8) is 0 Å². The molecule has 112 valence electrons. The van der Waals surface area contributed by atoms with Gasteiger partial charge in [-0.25, -0.2) is 0 Å². The SMILES string of the molecule is COc1cc(C)c(CN(C)C(C)(C)C(=O)O)cc1OC. The van der Waals surface area contributed by atoms with Gasteiger partial charge in [-0.1, -0.05) is 0 Å². The van der Waals surface area contributed by atoms with E-state index < -0.39 is 11.5 Å². The molecule has 1 rings (SSSR count). The van der Waals surface area contributed by atoms with Crippen molar-refractivity contribution < 1.29 is 19.4 Å².